The van der Waals surface area contributed by atoms with Crippen molar-refractivity contribution in [3.8, 4) is 5.82 Å². The number of benzene rings is 2. The lowest BCUT2D eigenvalue weighted by molar-refractivity contribution is -0.135. The summed E-state index contributed by atoms with van der Waals surface area (Å²) in [6.45, 7) is -1.28. The van der Waals surface area contributed by atoms with E-state index in [1.54, 1.807) is 47.3 Å². The van der Waals surface area contributed by atoms with Gasteiger partial charge in [-0.25, -0.2) is 13.4 Å². The number of pyridine rings is 1. The summed E-state index contributed by atoms with van der Waals surface area (Å²) in [5, 5.41) is 31.7. The highest BCUT2D eigenvalue weighted by atomic mass is 35.5. The molecular formula is C24H22Cl2N4O6S. The van der Waals surface area contributed by atoms with Crippen LogP contribution in [0.4, 0.5) is 11.4 Å². The Bertz CT molecular complexity index is 1520. The van der Waals surface area contributed by atoms with E-state index in [0.717, 1.165) is 4.31 Å². The molecule has 4 N–H and O–H groups in total. The lowest BCUT2D eigenvalue weighted by atomic mass is 10.2. The van der Waals surface area contributed by atoms with Gasteiger partial charge >= 0.3 is 5.97 Å². The number of aliphatic hydroxyl groups excluding tert-OH is 2. The molecule has 2 aromatic heterocycles. The van der Waals surface area contributed by atoms with Gasteiger partial charge in [-0.3, -0.25) is 9.10 Å². The van der Waals surface area contributed by atoms with Crippen LogP contribution in [0.1, 0.15) is 0 Å². The van der Waals surface area contributed by atoms with Gasteiger partial charge in [0.25, 0.3) is 10.0 Å². The molecule has 0 amide bonds. The van der Waals surface area contributed by atoms with Crippen LogP contribution in [0.25, 0.3) is 16.7 Å². The molecule has 0 saturated heterocycles. The van der Waals surface area contributed by atoms with Crippen LogP contribution >= 0.6 is 23.2 Å². The Hall–Kier alpha value is -3.35. The predicted molar refractivity (Wildman–Crippen MR) is 141 cm³/mol. The van der Waals surface area contributed by atoms with E-state index >= 15 is 0 Å². The summed E-state index contributed by atoms with van der Waals surface area (Å²) in [5.74, 6) is -0.765. The number of hydrogen-bond donors (Lipinski definition) is 4. The fourth-order valence-electron chi connectivity index (χ4n) is 3.73. The van der Waals surface area contributed by atoms with Gasteiger partial charge in [0.15, 0.2) is 0 Å². The number of aromatic nitrogens is 2. The summed E-state index contributed by atoms with van der Waals surface area (Å²) >= 11 is 12.0. The molecule has 0 aliphatic heterocycles. The Morgan fingerprint density at radius 3 is 2.32 bits per heavy atom. The molecule has 0 unspecified atom stereocenters. The molecular weight excluding hydrogens is 543 g/mol. The highest BCUT2D eigenvalue weighted by Gasteiger charge is 2.28. The molecule has 4 rings (SSSR count). The molecule has 0 atom stereocenters. The maximum Gasteiger partial charge on any atom is 0.324 e. The van der Waals surface area contributed by atoms with Gasteiger partial charge in [0.2, 0.25) is 0 Å². The number of carbonyl (C=O) groups is 1. The fraction of sp³-hybridized carbons (Fsp3) is 0.167. The standard InChI is InChI=1S/C24H22Cl2N4O6S/c25-16-8-17(26)10-21(9-16)37(35,36)30(12-24(33)34)20-2-3-22-15(7-20)5-6-29(22)23-4-1-18(11-27-23)28-19(13-31)14-32/h1-11,19,28,31-32H,12-14H2,(H,33,34). The van der Waals surface area contributed by atoms with Crippen molar-refractivity contribution in [3.63, 3.8) is 0 Å². The Morgan fingerprint density at radius 2 is 1.73 bits per heavy atom. The molecule has 2 heterocycles. The average molecular weight is 565 g/mol. The minimum absolute atomic E-state index is 0.103. The van der Waals surface area contributed by atoms with E-state index < -0.39 is 28.6 Å². The summed E-state index contributed by atoms with van der Waals surface area (Å²) in [4.78, 5) is 15.8. The molecule has 0 bridgehead atoms. The van der Waals surface area contributed by atoms with Crippen molar-refractivity contribution in [1.29, 1.82) is 0 Å². The third kappa shape index (κ3) is 5.81. The van der Waals surface area contributed by atoms with Crippen molar-refractivity contribution in [2.75, 3.05) is 29.4 Å². The van der Waals surface area contributed by atoms with Gasteiger partial charge in [-0.05, 0) is 54.6 Å². The summed E-state index contributed by atoms with van der Waals surface area (Å²) in [5.41, 5.74) is 1.47. The second kappa shape index (κ2) is 11.0. The number of nitrogens with zero attached hydrogens (tertiary/aromatic N) is 3. The van der Waals surface area contributed by atoms with Gasteiger partial charge in [-0.2, -0.15) is 0 Å². The molecule has 0 aliphatic rings. The summed E-state index contributed by atoms with van der Waals surface area (Å²) in [6.07, 6.45) is 3.31. The molecule has 0 spiro atoms. The third-order valence-electron chi connectivity index (χ3n) is 5.47. The molecule has 194 valence electrons. The zero-order valence-corrected chi connectivity index (χ0v) is 21.5. The Balaban J connectivity index is 1.69. The van der Waals surface area contributed by atoms with Gasteiger partial charge in [-0.15, -0.1) is 0 Å². The number of rotatable bonds is 10. The smallest absolute Gasteiger partial charge is 0.324 e. The van der Waals surface area contributed by atoms with Crippen molar-refractivity contribution in [2.45, 2.75) is 10.9 Å². The number of nitrogens with one attached hydrogen (secondary N) is 1. The van der Waals surface area contributed by atoms with Crippen LogP contribution in [0.5, 0.6) is 0 Å². The summed E-state index contributed by atoms with van der Waals surface area (Å²) < 4.78 is 29.3. The molecule has 0 saturated carbocycles. The number of fused-ring (bicyclic) bond motifs is 1. The number of hydrogen-bond acceptors (Lipinski definition) is 7. The lowest BCUT2D eigenvalue weighted by Gasteiger charge is -2.23. The van der Waals surface area contributed by atoms with Crippen molar-refractivity contribution in [2.24, 2.45) is 0 Å². The van der Waals surface area contributed by atoms with Gasteiger partial charge in [0.1, 0.15) is 12.4 Å². The van der Waals surface area contributed by atoms with Crippen LogP contribution in [0, 0.1) is 0 Å². The largest absolute Gasteiger partial charge is 0.480 e. The zero-order valence-electron chi connectivity index (χ0n) is 19.1. The SMILES string of the molecule is O=C(O)CN(c1ccc2c(ccn2-c2ccc(NC(CO)CO)cn2)c1)S(=O)(=O)c1cc(Cl)cc(Cl)c1. The Morgan fingerprint density at radius 1 is 1.03 bits per heavy atom. The van der Waals surface area contributed by atoms with Crippen molar-refractivity contribution in [3.05, 3.63) is 77.0 Å². The first-order chi connectivity index (χ1) is 17.6. The first-order valence-corrected chi connectivity index (χ1v) is 13.1. The molecule has 4 aromatic rings. The predicted octanol–water partition coefficient (Wildman–Crippen LogP) is 3.38. The van der Waals surface area contributed by atoms with Crippen LogP contribution in [0.2, 0.25) is 10.0 Å². The first-order valence-electron chi connectivity index (χ1n) is 10.9. The zero-order chi connectivity index (χ0) is 26.7. The number of aliphatic hydroxyl groups is 2. The monoisotopic (exact) mass is 564 g/mol. The number of aliphatic carboxylic acids is 1. The molecule has 37 heavy (non-hydrogen) atoms. The first kappa shape index (κ1) is 26.7. The number of anilines is 2. The van der Waals surface area contributed by atoms with E-state index in [4.69, 9.17) is 23.2 Å². The van der Waals surface area contributed by atoms with Crippen LogP contribution in [-0.2, 0) is 14.8 Å². The minimum Gasteiger partial charge on any atom is -0.480 e. The minimum atomic E-state index is -4.31. The maximum absolute atomic E-state index is 13.4. The van der Waals surface area contributed by atoms with Crippen LogP contribution < -0.4 is 9.62 Å². The van der Waals surface area contributed by atoms with E-state index in [1.165, 1.54) is 24.3 Å². The highest BCUT2D eigenvalue weighted by Crippen LogP contribution is 2.31. The van der Waals surface area contributed by atoms with Gasteiger partial charge in [-0.1, -0.05) is 23.2 Å². The van der Waals surface area contributed by atoms with Crippen LogP contribution in [0.3, 0.4) is 0 Å². The van der Waals surface area contributed by atoms with Crippen molar-refractivity contribution in [1.82, 2.24) is 9.55 Å². The average Bonchev–Trinajstić information content (AvgIpc) is 3.28. The molecule has 0 fully saturated rings. The number of carboxylic acids is 1. The topological polar surface area (TPSA) is 145 Å². The summed E-state index contributed by atoms with van der Waals surface area (Å²) in [7, 11) is -4.31. The van der Waals surface area contributed by atoms with Gasteiger partial charge in [0, 0.05) is 21.6 Å². The van der Waals surface area contributed by atoms with E-state index in [1.807, 2.05) is 0 Å². The van der Waals surface area contributed by atoms with Crippen molar-refractivity contribution >= 4 is 61.5 Å². The van der Waals surface area contributed by atoms with Gasteiger partial charge in [0.05, 0.1) is 47.2 Å². The van der Waals surface area contributed by atoms with Crippen LogP contribution in [0.15, 0.2) is 71.9 Å². The highest BCUT2D eigenvalue weighted by molar-refractivity contribution is 7.92. The normalized spacial score (nSPS) is 11.7. The van der Waals surface area contributed by atoms with E-state index in [9.17, 15) is 28.5 Å². The summed E-state index contributed by atoms with van der Waals surface area (Å²) in [6, 6.07) is 13.3. The van der Waals surface area contributed by atoms with Gasteiger partial charge < -0.3 is 25.2 Å². The van der Waals surface area contributed by atoms with E-state index in [-0.39, 0.29) is 33.8 Å². The fourth-order valence-corrected chi connectivity index (χ4v) is 5.86. The number of halogens is 2. The Kier molecular flexibility index (Phi) is 7.90. The third-order valence-corrected chi connectivity index (χ3v) is 7.66. The maximum atomic E-state index is 13.4. The molecule has 13 heteroatoms. The molecule has 10 nitrogen and oxygen atoms in total. The van der Waals surface area contributed by atoms with Crippen molar-refractivity contribution < 1.29 is 28.5 Å². The van der Waals surface area contributed by atoms with Crippen LogP contribution in [-0.4, -0.2) is 65.1 Å². The molecule has 2 aromatic carbocycles. The van der Waals surface area contributed by atoms with E-state index in [2.05, 4.69) is 10.3 Å². The quantitative estimate of drug-likeness (QED) is 0.229. The second-order valence-corrected chi connectivity index (χ2v) is 10.8. The Labute approximate surface area is 222 Å². The lowest BCUT2D eigenvalue weighted by Crippen LogP contribution is -2.35. The molecule has 0 radical (unpaired) electrons. The van der Waals surface area contributed by atoms with E-state index in [0.29, 0.717) is 22.4 Å². The molecule has 0 aliphatic carbocycles. The second-order valence-electron chi connectivity index (χ2n) is 8.05. The number of sulfonamides is 1. The number of carboxylic acid groups (broad SMARTS) is 1.